The average Bonchev–Trinajstić information content (AvgIpc) is 2.95. The van der Waals surface area contributed by atoms with Gasteiger partial charge < -0.3 is 4.57 Å². The number of aryl methyl sites for hydroxylation is 3. The minimum atomic E-state index is -0.0761. The van der Waals surface area contributed by atoms with E-state index in [1.54, 1.807) is 18.0 Å². The molecule has 0 spiro atoms. The summed E-state index contributed by atoms with van der Waals surface area (Å²) in [6.45, 7) is 8.38. The summed E-state index contributed by atoms with van der Waals surface area (Å²) in [7, 11) is 0. The Hall–Kier alpha value is -2.79. The Bertz CT molecular complexity index is 1000. The van der Waals surface area contributed by atoms with E-state index in [0.29, 0.717) is 6.42 Å². The Kier molecular flexibility index (Phi) is 6.94. The molecule has 0 aliphatic carbocycles. The van der Waals surface area contributed by atoms with Gasteiger partial charge in [-0.1, -0.05) is 24.3 Å². The molecule has 3 aromatic rings. The lowest BCUT2D eigenvalue weighted by molar-refractivity contribution is -0.120. The van der Waals surface area contributed by atoms with Crippen molar-refractivity contribution in [1.82, 2.24) is 9.99 Å². The summed E-state index contributed by atoms with van der Waals surface area (Å²) in [5.41, 5.74) is 9.51. The summed E-state index contributed by atoms with van der Waals surface area (Å²) in [5.74, 6) is 0.653. The second-order valence-electron chi connectivity index (χ2n) is 7.21. The van der Waals surface area contributed by atoms with E-state index in [0.717, 1.165) is 28.4 Å². The summed E-state index contributed by atoms with van der Waals surface area (Å²) in [6, 6.07) is 18.7. The van der Waals surface area contributed by atoms with Crippen LogP contribution in [0.5, 0.6) is 0 Å². The normalized spacial score (nSPS) is 11.2. The molecule has 1 heterocycles. The van der Waals surface area contributed by atoms with Crippen LogP contribution in [0.1, 0.15) is 34.5 Å². The lowest BCUT2D eigenvalue weighted by Crippen LogP contribution is -2.17. The smallest absolute Gasteiger partial charge is 0.240 e. The van der Waals surface area contributed by atoms with E-state index in [1.165, 1.54) is 16.0 Å². The van der Waals surface area contributed by atoms with Crippen molar-refractivity contribution in [3.63, 3.8) is 0 Å². The van der Waals surface area contributed by atoms with Crippen molar-refractivity contribution >= 4 is 23.9 Å². The summed E-state index contributed by atoms with van der Waals surface area (Å²) in [6.07, 6.45) is 2.15. The fourth-order valence-corrected chi connectivity index (χ4v) is 4.28. The van der Waals surface area contributed by atoms with Gasteiger partial charge in [-0.15, -0.1) is 11.8 Å². The van der Waals surface area contributed by atoms with E-state index in [1.807, 2.05) is 30.3 Å². The first-order valence-electron chi connectivity index (χ1n) is 9.71. The molecule has 0 saturated heterocycles. The highest BCUT2D eigenvalue weighted by Crippen LogP contribution is 2.22. The van der Waals surface area contributed by atoms with Crippen LogP contribution < -0.4 is 5.43 Å². The molecule has 1 amide bonds. The van der Waals surface area contributed by atoms with Gasteiger partial charge in [-0.3, -0.25) is 4.79 Å². The SMILES string of the molecule is Cc1cc(C)cc(-n2c(C)cc(C=NNC(=O)CCSc3ccccc3)c2C)c1. The van der Waals surface area contributed by atoms with E-state index in [9.17, 15) is 4.79 Å². The van der Waals surface area contributed by atoms with Crippen molar-refractivity contribution in [2.45, 2.75) is 39.0 Å². The van der Waals surface area contributed by atoms with Crippen molar-refractivity contribution in [2.75, 3.05) is 5.75 Å². The number of hydrogen-bond donors (Lipinski definition) is 1. The van der Waals surface area contributed by atoms with Crippen molar-refractivity contribution < 1.29 is 4.79 Å². The van der Waals surface area contributed by atoms with Crippen molar-refractivity contribution in [2.24, 2.45) is 5.10 Å². The molecule has 150 valence electrons. The summed E-state index contributed by atoms with van der Waals surface area (Å²) in [5, 5.41) is 4.16. The molecule has 3 rings (SSSR count). The molecular weight excluding hydrogens is 378 g/mol. The largest absolute Gasteiger partial charge is 0.318 e. The van der Waals surface area contributed by atoms with Crippen LogP contribution in [0.4, 0.5) is 0 Å². The standard InChI is InChI=1S/C24H27N3OS/c1-17-12-18(2)14-22(13-17)27-19(3)15-21(20(27)4)16-25-26-24(28)10-11-29-23-8-6-5-7-9-23/h5-9,12-16H,10-11H2,1-4H3,(H,26,28). The molecule has 0 aliphatic heterocycles. The Balaban J connectivity index is 1.60. The zero-order valence-electron chi connectivity index (χ0n) is 17.4. The van der Waals surface area contributed by atoms with Crippen LogP contribution in [-0.2, 0) is 4.79 Å². The second kappa shape index (κ2) is 9.61. The minimum absolute atomic E-state index is 0.0761. The maximum atomic E-state index is 12.0. The lowest BCUT2D eigenvalue weighted by Gasteiger charge is -2.11. The number of carbonyl (C=O) groups excluding carboxylic acids is 1. The molecule has 0 atom stereocenters. The molecule has 0 fully saturated rings. The highest BCUT2D eigenvalue weighted by molar-refractivity contribution is 7.99. The predicted molar refractivity (Wildman–Crippen MR) is 122 cm³/mol. The number of hydrazone groups is 1. The third-order valence-corrected chi connectivity index (χ3v) is 5.68. The van der Waals surface area contributed by atoms with E-state index >= 15 is 0 Å². The van der Waals surface area contributed by atoms with Gasteiger partial charge in [0.05, 0.1) is 6.21 Å². The first-order valence-corrected chi connectivity index (χ1v) is 10.7. The topological polar surface area (TPSA) is 46.4 Å². The summed E-state index contributed by atoms with van der Waals surface area (Å²) >= 11 is 1.67. The van der Waals surface area contributed by atoms with Crippen molar-refractivity contribution in [3.05, 3.63) is 82.7 Å². The second-order valence-corrected chi connectivity index (χ2v) is 8.38. The van der Waals surface area contributed by atoms with E-state index in [2.05, 4.69) is 67.1 Å². The fourth-order valence-electron chi connectivity index (χ4n) is 3.40. The average molecular weight is 406 g/mol. The Morgan fingerprint density at radius 2 is 1.72 bits per heavy atom. The number of nitrogens with zero attached hydrogens (tertiary/aromatic N) is 2. The van der Waals surface area contributed by atoms with Gasteiger partial charge in [0.15, 0.2) is 0 Å². The zero-order valence-corrected chi connectivity index (χ0v) is 18.2. The quantitative estimate of drug-likeness (QED) is 0.327. The maximum Gasteiger partial charge on any atom is 0.240 e. The number of thioether (sulfide) groups is 1. The van der Waals surface area contributed by atoms with Gasteiger partial charge in [0.2, 0.25) is 5.91 Å². The van der Waals surface area contributed by atoms with Crippen molar-refractivity contribution in [1.29, 1.82) is 0 Å². The molecule has 0 saturated carbocycles. The lowest BCUT2D eigenvalue weighted by atomic mass is 10.1. The molecule has 0 aliphatic rings. The van der Waals surface area contributed by atoms with E-state index in [-0.39, 0.29) is 5.91 Å². The molecule has 4 nitrogen and oxygen atoms in total. The number of carbonyl (C=O) groups is 1. The van der Waals surface area contributed by atoms with Crippen molar-refractivity contribution in [3.8, 4) is 5.69 Å². The monoisotopic (exact) mass is 405 g/mol. The number of benzene rings is 2. The van der Waals surface area contributed by atoms with Gasteiger partial charge in [0, 0.05) is 39.7 Å². The third-order valence-electron chi connectivity index (χ3n) is 4.67. The number of rotatable bonds is 7. The Morgan fingerprint density at radius 1 is 1.03 bits per heavy atom. The zero-order chi connectivity index (χ0) is 20.8. The highest BCUT2D eigenvalue weighted by Gasteiger charge is 2.10. The van der Waals surface area contributed by atoms with Gasteiger partial charge >= 0.3 is 0 Å². The van der Waals surface area contributed by atoms with E-state index in [4.69, 9.17) is 0 Å². The highest BCUT2D eigenvalue weighted by atomic mass is 32.2. The number of hydrogen-bond acceptors (Lipinski definition) is 3. The first-order chi connectivity index (χ1) is 13.9. The van der Waals surface area contributed by atoms with E-state index < -0.39 is 0 Å². The number of nitrogens with one attached hydrogen (secondary N) is 1. The van der Waals surface area contributed by atoms with Gasteiger partial charge in [0.1, 0.15) is 0 Å². The third kappa shape index (κ3) is 5.61. The minimum Gasteiger partial charge on any atom is -0.318 e. The molecule has 29 heavy (non-hydrogen) atoms. The van der Waals surface area contributed by atoms with Crippen LogP contribution in [0.3, 0.4) is 0 Å². The fraction of sp³-hybridized carbons (Fsp3) is 0.250. The molecule has 1 aromatic heterocycles. The summed E-state index contributed by atoms with van der Waals surface area (Å²) < 4.78 is 2.22. The predicted octanol–water partition coefficient (Wildman–Crippen LogP) is 5.34. The Morgan fingerprint density at radius 3 is 2.41 bits per heavy atom. The van der Waals surface area contributed by atoms with Gasteiger partial charge in [0.25, 0.3) is 0 Å². The van der Waals surface area contributed by atoms with Crippen LogP contribution in [0.2, 0.25) is 0 Å². The molecular formula is C24H27N3OS. The summed E-state index contributed by atoms with van der Waals surface area (Å²) in [4.78, 5) is 13.2. The first kappa shape index (κ1) is 20.9. The van der Waals surface area contributed by atoms with Gasteiger partial charge in [-0.05, 0) is 69.2 Å². The molecule has 0 unspecified atom stereocenters. The Labute approximate surface area is 177 Å². The molecule has 2 aromatic carbocycles. The van der Waals surface area contributed by atoms with Crippen LogP contribution >= 0.6 is 11.8 Å². The molecule has 0 bridgehead atoms. The van der Waals surface area contributed by atoms with Crippen LogP contribution in [0.25, 0.3) is 5.69 Å². The van der Waals surface area contributed by atoms with Gasteiger partial charge in [-0.2, -0.15) is 5.10 Å². The maximum absolute atomic E-state index is 12.0. The molecule has 0 radical (unpaired) electrons. The van der Waals surface area contributed by atoms with Crippen LogP contribution in [-0.4, -0.2) is 22.4 Å². The molecule has 1 N–H and O–H groups in total. The molecule has 5 heteroatoms. The van der Waals surface area contributed by atoms with Crippen LogP contribution in [0.15, 0.2) is 64.6 Å². The number of amides is 1. The van der Waals surface area contributed by atoms with Gasteiger partial charge in [-0.25, -0.2) is 5.43 Å². The number of aromatic nitrogens is 1. The van der Waals surface area contributed by atoms with Crippen LogP contribution in [0, 0.1) is 27.7 Å².